The van der Waals surface area contributed by atoms with E-state index < -0.39 is 0 Å². The second kappa shape index (κ2) is 5.10. The molecule has 0 radical (unpaired) electrons. The Kier molecular flexibility index (Phi) is 3.57. The molecule has 2 aliphatic carbocycles. The molecule has 2 unspecified atom stereocenters. The second-order valence-corrected chi connectivity index (χ2v) is 7.11. The van der Waals surface area contributed by atoms with Gasteiger partial charge in [0.25, 0.3) is 0 Å². The molecule has 1 aromatic carbocycles. The Hall–Kier alpha value is -0.960. The highest BCUT2D eigenvalue weighted by molar-refractivity contribution is 5.22. The largest absolute Gasteiger partial charge is 0.314 e. The minimum Gasteiger partial charge on any atom is -0.314 e. The summed E-state index contributed by atoms with van der Waals surface area (Å²) in [6.07, 6.45) is 4.32. The van der Waals surface area contributed by atoms with E-state index in [0.717, 1.165) is 31.2 Å². The maximum Gasteiger partial charge on any atom is 0.126 e. The van der Waals surface area contributed by atoms with Gasteiger partial charge in [0.15, 0.2) is 0 Å². The zero-order valence-electron chi connectivity index (χ0n) is 12.3. The standard InChI is InChI=1S/C17H23F2N/c1-11(2)20-10-17(7-12-5-13(12)8-17)9-14-6-15(18)3-4-16(14)19/h3-4,6,11-13,20H,5,7-10H2,1-2H3. The van der Waals surface area contributed by atoms with E-state index in [2.05, 4.69) is 19.2 Å². The van der Waals surface area contributed by atoms with E-state index in [0.29, 0.717) is 18.0 Å². The zero-order chi connectivity index (χ0) is 14.3. The molecule has 0 aromatic heterocycles. The summed E-state index contributed by atoms with van der Waals surface area (Å²) in [6, 6.07) is 4.26. The normalized spacial score (nSPS) is 31.6. The van der Waals surface area contributed by atoms with Crippen molar-refractivity contribution in [1.29, 1.82) is 0 Å². The number of hydrogen-bond acceptors (Lipinski definition) is 1. The van der Waals surface area contributed by atoms with Crippen LogP contribution in [0.3, 0.4) is 0 Å². The van der Waals surface area contributed by atoms with Gasteiger partial charge >= 0.3 is 0 Å². The van der Waals surface area contributed by atoms with E-state index in [1.165, 1.54) is 24.6 Å². The lowest BCUT2D eigenvalue weighted by Gasteiger charge is -2.32. The van der Waals surface area contributed by atoms with Crippen LogP contribution in [-0.4, -0.2) is 12.6 Å². The van der Waals surface area contributed by atoms with Gasteiger partial charge in [-0.2, -0.15) is 0 Å². The molecule has 2 fully saturated rings. The number of benzene rings is 1. The van der Waals surface area contributed by atoms with Crippen LogP contribution in [0.1, 0.15) is 38.7 Å². The molecule has 0 aliphatic heterocycles. The van der Waals surface area contributed by atoms with Crippen molar-refractivity contribution in [2.45, 2.75) is 45.6 Å². The van der Waals surface area contributed by atoms with Crippen molar-refractivity contribution >= 4 is 0 Å². The van der Waals surface area contributed by atoms with E-state index in [1.54, 1.807) is 0 Å². The molecule has 3 heteroatoms. The summed E-state index contributed by atoms with van der Waals surface area (Å²) < 4.78 is 27.3. The van der Waals surface area contributed by atoms with E-state index in [1.807, 2.05) is 0 Å². The molecule has 20 heavy (non-hydrogen) atoms. The maximum absolute atomic E-state index is 13.9. The minimum absolute atomic E-state index is 0.118. The van der Waals surface area contributed by atoms with Gasteiger partial charge in [-0.05, 0) is 66.7 Å². The first kappa shape index (κ1) is 14.0. The summed E-state index contributed by atoms with van der Waals surface area (Å²) in [5.74, 6) is 1.06. The molecule has 0 bridgehead atoms. The summed E-state index contributed by atoms with van der Waals surface area (Å²) in [7, 11) is 0. The number of rotatable bonds is 5. The number of nitrogens with one attached hydrogen (secondary N) is 1. The first-order valence-corrected chi connectivity index (χ1v) is 7.65. The molecule has 1 aromatic rings. The van der Waals surface area contributed by atoms with Crippen molar-refractivity contribution in [1.82, 2.24) is 5.32 Å². The molecule has 0 amide bonds. The molecule has 0 saturated heterocycles. The van der Waals surface area contributed by atoms with Crippen molar-refractivity contribution in [3.63, 3.8) is 0 Å². The monoisotopic (exact) mass is 279 g/mol. The highest BCUT2D eigenvalue weighted by Gasteiger charge is 2.53. The molecule has 1 N–H and O–H groups in total. The van der Waals surface area contributed by atoms with Crippen LogP contribution in [0, 0.1) is 28.9 Å². The van der Waals surface area contributed by atoms with Gasteiger partial charge in [0.05, 0.1) is 0 Å². The Bertz CT molecular complexity index is 488. The summed E-state index contributed by atoms with van der Waals surface area (Å²) in [6.45, 7) is 5.17. The summed E-state index contributed by atoms with van der Waals surface area (Å²) in [4.78, 5) is 0. The van der Waals surface area contributed by atoms with Crippen molar-refractivity contribution in [2.75, 3.05) is 6.54 Å². The third-order valence-electron chi connectivity index (χ3n) is 4.92. The number of hydrogen-bond donors (Lipinski definition) is 1. The molecule has 0 spiro atoms. The van der Waals surface area contributed by atoms with E-state index >= 15 is 0 Å². The average molecular weight is 279 g/mol. The van der Waals surface area contributed by atoms with Crippen molar-refractivity contribution in [3.8, 4) is 0 Å². The van der Waals surface area contributed by atoms with Gasteiger partial charge in [0.1, 0.15) is 11.6 Å². The smallest absolute Gasteiger partial charge is 0.126 e. The number of halogens is 2. The number of fused-ring (bicyclic) bond motifs is 1. The predicted molar refractivity (Wildman–Crippen MR) is 76.5 cm³/mol. The quantitative estimate of drug-likeness (QED) is 0.861. The Labute approximate surface area is 119 Å². The van der Waals surface area contributed by atoms with Crippen LogP contribution in [0.15, 0.2) is 18.2 Å². The topological polar surface area (TPSA) is 12.0 Å². The Balaban J connectivity index is 1.77. The molecule has 2 aliphatic rings. The minimum atomic E-state index is -0.337. The first-order valence-electron chi connectivity index (χ1n) is 7.65. The molecule has 3 rings (SSSR count). The molecule has 110 valence electrons. The molecular formula is C17H23F2N. The molecule has 2 atom stereocenters. The fourth-order valence-corrected chi connectivity index (χ4v) is 3.86. The van der Waals surface area contributed by atoms with Crippen LogP contribution in [0.2, 0.25) is 0 Å². The van der Waals surface area contributed by atoms with Crippen LogP contribution in [0.25, 0.3) is 0 Å². The van der Waals surface area contributed by atoms with Gasteiger partial charge in [0.2, 0.25) is 0 Å². The van der Waals surface area contributed by atoms with Crippen molar-refractivity contribution in [2.24, 2.45) is 17.3 Å². The molecule has 2 saturated carbocycles. The van der Waals surface area contributed by atoms with E-state index in [9.17, 15) is 8.78 Å². The third-order valence-corrected chi connectivity index (χ3v) is 4.92. The predicted octanol–water partition coefficient (Wildman–Crippen LogP) is 3.92. The Morgan fingerprint density at radius 2 is 1.95 bits per heavy atom. The van der Waals surface area contributed by atoms with Crippen molar-refractivity contribution in [3.05, 3.63) is 35.4 Å². The van der Waals surface area contributed by atoms with Crippen LogP contribution >= 0.6 is 0 Å². The average Bonchev–Trinajstić information content (AvgIpc) is 3.00. The lowest BCUT2D eigenvalue weighted by molar-refractivity contribution is 0.238. The lowest BCUT2D eigenvalue weighted by Crippen LogP contribution is -2.38. The van der Waals surface area contributed by atoms with Crippen LogP contribution in [-0.2, 0) is 6.42 Å². The van der Waals surface area contributed by atoms with Gasteiger partial charge in [-0.25, -0.2) is 8.78 Å². The fraction of sp³-hybridized carbons (Fsp3) is 0.647. The Morgan fingerprint density at radius 3 is 2.60 bits per heavy atom. The molecular weight excluding hydrogens is 256 g/mol. The fourth-order valence-electron chi connectivity index (χ4n) is 3.86. The zero-order valence-corrected chi connectivity index (χ0v) is 12.3. The Morgan fingerprint density at radius 1 is 1.25 bits per heavy atom. The lowest BCUT2D eigenvalue weighted by atomic mass is 9.77. The summed E-state index contributed by atoms with van der Waals surface area (Å²) in [5.41, 5.74) is 0.656. The molecule has 0 heterocycles. The van der Waals surface area contributed by atoms with Gasteiger partial charge < -0.3 is 5.32 Å². The van der Waals surface area contributed by atoms with Crippen LogP contribution in [0.4, 0.5) is 8.78 Å². The van der Waals surface area contributed by atoms with Crippen LogP contribution < -0.4 is 5.32 Å². The second-order valence-electron chi connectivity index (χ2n) is 7.11. The highest BCUT2D eigenvalue weighted by atomic mass is 19.1. The summed E-state index contributed by atoms with van der Waals surface area (Å²) >= 11 is 0. The van der Waals surface area contributed by atoms with E-state index in [4.69, 9.17) is 0 Å². The summed E-state index contributed by atoms with van der Waals surface area (Å²) in [5, 5.41) is 3.51. The van der Waals surface area contributed by atoms with Crippen molar-refractivity contribution < 1.29 is 8.78 Å². The first-order chi connectivity index (χ1) is 9.47. The SMILES string of the molecule is CC(C)NCC1(Cc2cc(F)ccc2F)CC2CC2C1. The third kappa shape index (κ3) is 2.88. The van der Waals surface area contributed by atoms with Gasteiger partial charge in [-0.15, -0.1) is 0 Å². The van der Waals surface area contributed by atoms with Gasteiger partial charge in [-0.3, -0.25) is 0 Å². The maximum atomic E-state index is 13.9. The van der Waals surface area contributed by atoms with Gasteiger partial charge in [-0.1, -0.05) is 13.8 Å². The van der Waals surface area contributed by atoms with Crippen LogP contribution in [0.5, 0.6) is 0 Å². The highest BCUT2D eigenvalue weighted by Crippen LogP contribution is 2.60. The van der Waals surface area contributed by atoms with Gasteiger partial charge in [0, 0.05) is 12.6 Å². The molecule has 1 nitrogen and oxygen atoms in total. The van der Waals surface area contributed by atoms with E-state index in [-0.39, 0.29) is 17.0 Å².